The normalized spacial score (nSPS) is 10.6. The molecule has 0 saturated carbocycles. The Morgan fingerprint density at radius 2 is 2.19 bits per heavy atom. The highest BCUT2D eigenvalue weighted by atomic mass is 16.5. The summed E-state index contributed by atoms with van der Waals surface area (Å²) in [6.45, 7) is 2.87. The highest BCUT2D eigenvalue weighted by molar-refractivity contribution is 5.98. The Morgan fingerprint density at radius 3 is 2.93 bits per heavy atom. The summed E-state index contributed by atoms with van der Waals surface area (Å²) < 4.78 is 11.6. The number of amides is 1. The molecule has 9 nitrogen and oxygen atoms in total. The SMILES string of the molecule is COC(=O)c1noc(C)c1-c1cccc(C(=O)NCCCn2ccnn2)c1. The first-order valence-electron chi connectivity index (χ1n) is 8.37. The monoisotopic (exact) mass is 369 g/mol. The number of benzene rings is 1. The summed E-state index contributed by atoms with van der Waals surface area (Å²) in [7, 11) is 1.28. The fourth-order valence-corrected chi connectivity index (χ4v) is 2.66. The van der Waals surface area contributed by atoms with Crippen molar-refractivity contribution in [3.8, 4) is 11.1 Å². The minimum Gasteiger partial charge on any atom is -0.464 e. The molecule has 0 radical (unpaired) electrons. The number of aromatic nitrogens is 4. The summed E-state index contributed by atoms with van der Waals surface area (Å²) in [4.78, 5) is 24.3. The minimum atomic E-state index is -0.593. The van der Waals surface area contributed by atoms with E-state index in [-0.39, 0.29) is 11.6 Å². The molecule has 3 rings (SSSR count). The summed E-state index contributed by atoms with van der Waals surface area (Å²) in [6.07, 6.45) is 4.11. The molecular weight excluding hydrogens is 350 g/mol. The lowest BCUT2D eigenvalue weighted by molar-refractivity contribution is 0.0589. The van der Waals surface area contributed by atoms with Crippen molar-refractivity contribution in [2.45, 2.75) is 19.9 Å². The molecule has 0 fully saturated rings. The van der Waals surface area contributed by atoms with Crippen LogP contribution < -0.4 is 5.32 Å². The molecule has 2 aromatic heterocycles. The second-order valence-corrected chi connectivity index (χ2v) is 5.81. The zero-order chi connectivity index (χ0) is 19.2. The van der Waals surface area contributed by atoms with Gasteiger partial charge >= 0.3 is 5.97 Å². The number of aryl methyl sites for hydroxylation is 2. The van der Waals surface area contributed by atoms with Crippen molar-refractivity contribution >= 4 is 11.9 Å². The lowest BCUT2D eigenvalue weighted by Gasteiger charge is -2.07. The summed E-state index contributed by atoms with van der Waals surface area (Å²) in [6, 6.07) is 6.93. The lowest BCUT2D eigenvalue weighted by atomic mass is 10.0. The number of esters is 1. The molecule has 0 saturated heterocycles. The Labute approximate surface area is 155 Å². The molecule has 0 unspecified atom stereocenters. The van der Waals surface area contributed by atoms with Crippen molar-refractivity contribution in [2.24, 2.45) is 0 Å². The van der Waals surface area contributed by atoms with Crippen LogP contribution in [0.25, 0.3) is 11.1 Å². The third-order valence-electron chi connectivity index (χ3n) is 3.98. The van der Waals surface area contributed by atoms with E-state index in [0.717, 1.165) is 6.42 Å². The molecule has 0 spiro atoms. The first-order valence-corrected chi connectivity index (χ1v) is 8.37. The van der Waals surface area contributed by atoms with E-state index in [4.69, 9.17) is 9.26 Å². The van der Waals surface area contributed by atoms with Crippen LogP contribution in [-0.2, 0) is 11.3 Å². The lowest BCUT2D eigenvalue weighted by Crippen LogP contribution is -2.25. The maximum atomic E-state index is 12.4. The number of ether oxygens (including phenoxy) is 1. The van der Waals surface area contributed by atoms with Crippen LogP contribution in [0.3, 0.4) is 0 Å². The molecule has 0 aliphatic carbocycles. The first kappa shape index (κ1) is 18.3. The van der Waals surface area contributed by atoms with Crippen LogP contribution in [0.2, 0.25) is 0 Å². The van der Waals surface area contributed by atoms with Crippen LogP contribution in [0.1, 0.15) is 33.0 Å². The summed E-state index contributed by atoms with van der Waals surface area (Å²) >= 11 is 0. The Morgan fingerprint density at radius 1 is 1.33 bits per heavy atom. The standard InChI is InChI=1S/C18H19N5O4/c1-12-15(16(21-27-12)18(25)26-2)13-5-3-6-14(11-13)17(24)19-7-4-9-23-10-8-20-22-23/h3,5-6,8,10-11H,4,7,9H2,1-2H3,(H,19,24). The maximum Gasteiger partial charge on any atom is 0.360 e. The number of methoxy groups -OCH3 is 1. The van der Waals surface area contributed by atoms with Crippen LogP contribution in [0.5, 0.6) is 0 Å². The van der Waals surface area contributed by atoms with E-state index < -0.39 is 5.97 Å². The zero-order valence-corrected chi connectivity index (χ0v) is 15.0. The van der Waals surface area contributed by atoms with Crippen molar-refractivity contribution in [1.29, 1.82) is 0 Å². The minimum absolute atomic E-state index is 0.0837. The van der Waals surface area contributed by atoms with Gasteiger partial charge in [0.05, 0.1) is 18.9 Å². The Bertz CT molecular complexity index is 933. The summed E-state index contributed by atoms with van der Waals surface area (Å²) in [5, 5.41) is 14.2. The molecular formula is C18H19N5O4. The smallest absolute Gasteiger partial charge is 0.360 e. The van der Waals surface area contributed by atoms with Gasteiger partial charge in [0.25, 0.3) is 5.91 Å². The fourth-order valence-electron chi connectivity index (χ4n) is 2.66. The number of hydrogen-bond acceptors (Lipinski definition) is 7. The van der Waals surface area contributed by atoms with Gasteiger partial charge in [0.1, 0.15) is 5.76 Å². The number of carbonyl (C=O) groups excluding carboxylic acids is 2. The quantitative estimate of drug-likeness (QED) is 0.499. The van der Waals surface area contributed by atoms with E-state index in [1.807, 2.05) is 0 Å². The van der Waals surface area contributed by atoms with E-state index in [0.29, 0.717) is 35.5 Å². The summed E-state index contributed by atoms with van der Waals surface area (Å²) in [5.74, 6) is -0.324. The van der Waals surface area contributed by atoms with Crippen LogP contribution in [0.15, 0.2) is 41.2 Å². The second-order valence-electron chi connectivity index (χ2n) is 5.81. The van der Waals surface area contributed by atoms with Crippen molar-refractivity contribution < 1.29 is 18.8 Å². The first-order chi connectivity index (χ1) is 13.1. The summed E-state index contributed by atoms with van der Waals surface area (Å²) in [5.41, 5.74) is 1.73. The molecule has 0 atom stereocenters. The van der Waals surface area contributed by atoms with Gasteiger partial charge in [0.15, 0.2) is 5.69 Å². The van der Waals surface area contributed by atoms with E-state index in [9.17, 15) is 9.59 Å². The van der Waals surface area contributed by atoms with Gasteiger partial charge in [-0.25, -0.2) is 4.79 Å². The molecule has 1 amide bonds. The number of hydrogen-bond donors (Lipinski definition) is 1. The molecule has 0 bridgehead atoms. The molecule has 9 heteroatoms. The predicted octanol–water partition coefficient (Wildman–Crippen LogP) is 1.85. The molecule has 27 heavy (non-hydrogen) atoms. The molecule has 140 valence electrons. The molecule has 0 aliphatic heterocycles. The van der Waals surface area contributed by atoms with Crippen LogP contribution in [0, 0.1) is 6.92 Å². The van der Waals surface area contributed by atoms with Gasteiger partial charge in [-0.3, -0.25) is 9.48 Å². The highest BCUT2D eigenvalue weighted by Crippen LogP contribution is 2.28. The average Bonchev–Trinajstić information content (AvgIpc) is 3.34. The number of rotatable bonds is 7. The van der Waals surface area contributed by atoms with Crippen LogP contribution >= 0.6 is 0 Å². The van der Waals surface area contributed by atoms with Crippen molar-refractivity contribution in [3.63, 3.8) is 0 Å². The van der Waals surface area contributed by atoms with Crippen molar-refractivity contribution in [2.75, 3.05) is 13.7 Å². The van der Waals surface area contributed by atoms with Gasteiger partial charge in [-0.2, -0.15) is 0 Å². The average molecular weight is 369 g/mol. The van der Waals surface area contributed by atoms with Gasteiger partial charge in [-0.05, 0) is 31.0 Å². The molecule has 0 aliphatic rings. The van der Waals surface area contributed by atoms with Crippen molar-refractivity contribution in [3.05, 3.63) is 53.7 Å². The van der Waals surface area contributed by atoms with E-state index in [1.165, 1.54) is 7.11 Å². The topological polar surface area (TPSA) is 112 Å². The largest absolute Gasteiger partial charge is 0.464 e. The fraction of sp³-hybridized carbons (Fsp3) is 0.278. The van der Waals surface area contributed by atoms with Gasteiger partial charge in [0, 0.05) is 24.8 Å². The predicted molar refractivity (Wildman–Crippen MR) is 95.0 cm³/mol. The van der Waals surface area contributed by atoms with E-state index >= 15 is 0 Å². The number of nitrogens with zero attached hydrogens (tertiary/aromatic N) is 4. The third kappa shape index (κ3) is 4.20. The van der Waals surface area contributed by atoms with Gasteiger partial charge in [0.2, 0.25) is 0 Å². The van der Waals surface area contributed by atoms with Crippen molar-refractivity contribution in [1.82, 2.24) is 25.5 Å². The van der Waals surface area contributed by atoms with Crippen LogP contribution in [-0.4, -0.2) is 45.7 Å². The molecule has 1 N–H and O–H groups in total. The van der Waals surface area contributed by atoms with Gasteiger partial charge in [-0.1, -0.05) is 22.5 Å². The number of nitrogens with one attached hydrogen (secondary N) is 1. The van der Waals surface area contributed by atoms with Gasteiger partial charge in [-0.15, -0.1) is 5.10 Å². The third-order valence-corrected chi connectivity index (χ3v) is 3.98. The molecule has 3 aromatic rings. The van der Waals surface area contributed by atoms with Crippen LogP contribution in [0.4, 0.5) is 0 Å². The Balaban J connectivity index is 1.69. The van der Waals surface area contributed by atoms with E-state index in [1.54, 1.807) is 48.3 Å². The van der Waals surface area contributed by atoms with E-state index in [2.05, 4.69) is 20.8 Å². The highest BCUT2D eigenvalue weighted by Gasteiger charge is 2.22. The molecule has 2 heterocycles. The zero-order valence-electron chi connectivity index (χ0n) is 15.0. The molecule has 1 aromatic carbocycles. The second kappa shape index (κ2) is 8.26. The Hall–Kier alpha value is -3.49. The number of carbonyl (C=O) groups is 2. The maximum absolute atomic E-state index is 12.4. The van der Waals surface area contributed by atoms with Gasteiger partial charge < -0.3 is 14.6 Å². The Kier molecular flexibility index (Phi) is 5.60.